The van der Waals surface area contributed by atoms with Crippen LogP contribution in [0.1, 0.15) is 24.8 Å². The highest BCUT2D eigenvalue weighted by Gasteiger charge is 2.18. The molecule has 1 fully saturated rings. The highest BCUT2D eigenvalue weighted by atomic mass is 32.2. The first-order valence-corrected chi connectivity index (χ1v) is 10.7. The summed E-state index contributed by atoms with van der Waals surface area (Å²) in [6, 6.07) is 13.4. The number of likely N-dealkylation sites (tertiary alicyclic amines) is 1. The van der Waals surface area contributed by atoms with Crippen LogP contribution in [0.2, 0.25) is 0 Å². The van der Waals surface area contributed by atoms with Gasteiger partial charge in [0, 0.05) is 5.69 Å². The molecule has 7 heteroatoms. The van der Waals surface area contributed by atoms with Gasteiger partial charge >= 0.3 is 0 Å². The normalized spacial score (nSPS) is 15.3. The van der Waals surface area contributed by atoms with Crippen LogP contribution in [0.25, 0.3) is 0 Å². The number of sulfonamides is 1. The van der Waals surface area contributed by atoms with Gasteiger partial charge in [-0.05, 0) is 56.5 Å². The maximum Gasteiger partial charge on any atom is 0.279 e. The van der Waals surface area contributed by atoms with Gasteiger partial charge in [-0.2, -0.15) is 0 Å². The van der Waals surface area contributed by atoms with Crippen LogP contribution < -0.4 is 14.9 Å². The molecule has 2 aromatic carbocycles. The number of amides is 1. The van der Waals surface area contributed by atoms with Crippen molar-refractivity contribution in [2.45, 2.75) is 31.1 Å². The molecule has 2 aromatic rings. The van der Waals surface area contributed by atoms with E-state index >= 15 is 0 Å². The van der Waals surface area contributed by atoms with E-state index in [-0.39, 0.29) is 10.8 Å². The summed E-state index contributed by atoms with van der Waals surface area (Å²) >= 11 is 0. The highest BCUT2D eigenvalue weighted by Crippen LogP contribution is 2.19. The van der Waals surface area contributed by atoms with Gasteiger partial charge in [0.1, 0.15) is 0 Å². The standard InChI is InChI=1S/C20H25N3O3S/c1-16-8-10-19(11-9-16)27(25,26)22-18-7-5-6-17(14-18)21-20(24)15-23-12-3-2-4-13-23/h5-11,14,22H,2-4,12-13,15H2,1H3,(H,21,24)/p+1. The molecule has 0 aromatic heterocycles. The fourth-order valence-electron chi connectivity index (χ4n) is 3.25. The minimum atomic E-state index is -3.66. The van der Waals surface area contributed by atoms with Crippen molar-refractivity contribution in [3.63, 3.8) is 0 Å². The van der Waals surface area contributed by atoms with Crippen molar-refractivity contribution in [2.75, 3.05) is 29.7 Å². The summed E-state index contributed by atoms with van der Waals surface area (Å²) in [5, 5.41) is 2.87. The van der Waals surface area contributed by atoms with Crippen LogP contribution in [0.4, 0.5) is 11.4 Å². The fraction of sp³-hybridized carbons (Fsp3) is 0.350. The zero-order chi connectivity index (χ0) is 19.3. The zero-order valence-corrected chi connectivity index (χ0v) is 16.3. The van der Waals surface area contributed by atoms with E-state index in [0.717, 1.165) is 18.7 Å². The summed E-state index contributed by atoms with van der Waals surface area (Å²) in [6.07, 6.45) is 3.58. The number of aryl methyl sites for hydroxylation is 1. The number of nitrogens with one attached hydrogen (secondary N) is 3. The number of carbonyl (C=O) groups excluding carboxylic acids is 1. The van der Waals surface area contributed by atoms with Gasteiger partial charge < -0.3 is 10.2 Å². The molecule has 27 heavy (non-hydrogen) atoms. The molecule has 1 heterocycles. The number of anilines is 2. The molecule has 0 bridgehead atoms. The third-order valence-electron chi connectivity index (χ3n) is 4.70. The summed E-state index contributed by atoms with van der Waals surface area (Å²) in [7, 11) is -3.66. The average molecular weight is 389 g/mol. The molecule has 1 amide bonds. The van der Waals surface area contributed by atoms with E-state index in [9.17, 15) is 13.2 Å². The van der Waals surface area contributed by atoms with Gasteiger partial charge in [0.25, 0.3) is 15.9 Å². The summed E-state index contributed by atoms with van der Waals surface area (Å²) < 4.78 is 27.6. The number of piperidine rings is 1. The smallest absolute Gasteiger partial charge is 0.279 e. The van der Waals surface area contributed by atoms with Crippen LogP contribution in [0, 0.1) is 6.92 Å². The third kappa shape index (κ3) is 5.55. The molecule has 0 atom stereocenters. The van der Waals surface area contributed by atoms with Crippen molar-refractivity contribution in [3.8, 4) is 0 Å². The Morgan fingerprint density at radius 3 is 2.37 bits per heavy atom. The van der Waals surface area contributed by atoms with Gasteiger partial charge in [0.05, 0.1) is 23.7 Å². The van der Waals surface area contributed by atoms with Crippen LogP contribution in [0.15, 0.2) is 53.4 Å². The van der Waals surface area contributed by atoms with Gasteiger partial charge in [0.15, 0.2) is 6.54 Å². The van der Waals surface area contributed by atoms with Crippen LogP contribution in [0.3, 0.4) is 0 Å². The van der Waals surface area contributed by atoms with E-state index in [1.54, 1.807) is 48.5 Å². The first-order valence-electron chi connectivity index (χ1n) is 9.25. The first-order chi connectivity index (χ1) is 12.9. The molecule has 1 saturated heterocycles. The highest BCUT2D eigenvalue weighted by molar-refractivity contribution is 7.92. The van der Waals surface area contributed by atoms with E-state index in [1.165, 1.54) is 24.2 Å². The minimum absolute atomic E-state index is 0.0505. The fourth-order valence-corrected chi connectivity index (χ4v) is 4.30. The summed E-state index contributed by atoms with van der Waals surface area (Å²) in [4.78, 5) is 13.8. The van der Waals surface area contributed by atoms with Crippen molar-refractivity contribution >= 4 is 27.3 Å². The van der Waals surface area contributed by atoms with Crippen molar-refractivity contribution < 1.29 is 18.1 Å². The van der Waals surface area contributed by atoms with Gasteiger partial charge in [-0.15, -0.1) is 0 Å². The lowest BCUT2D eigenvalue weighted by atomic mass is 10.1. The van der Waals surface area contributed by atoms with Gasteiger partial charge in [-0.25, -0.2) is 8.42 Å². The van der Waals surface area contributed by atoms with Crippen molar-refractivity contribution in [1.82, 2.24) is 0 Å². The van der Waals surface area contributed by atoms with Crippen molar-refractivity contribution in [2.24, 2.45) is 0 Å². The summed E-state index contributed by atoms with van der Waals surface area (Å²) in [6.45, 7) is 4.41. The van der Waals surface area contributed by atoms with E-state index in [0.29, 0.717) is 17.9 Å². The number of quaternary nitrogens is 1. The Kier molecular flexibility index (Phi) is 6.13. The lowest BCUT2D eigenvalue weighted by Crippen LogP contribution is -3.13. The monoisotopic (exact) mass is 388 g/mol. The van der Waals surface area contributed by atoms with E-state index in [2.05, 4.69) is 10.0 Å². The molecular weight excluding hydrogens is 362 g/mol. The van der Waals surface area contributed by atoms with E-state index < -0.39 is 10.0 Å². The van der Waals surface area contributed by atoms with Gasteiger partial charge in [0.2, 0.25) is 0 Å². The average Bonchev–Trinajstić information content (AvgIpc) is 2.62. The Morgan fingerprint density at radius 1 is 1.00 bits per heavy atom. The molecule has 0 aliphatic carbocycles. The Balaban J connectivity index is 1.64. The lowest BCUT2D eigenvalue weighted by molar-refractivity contribution is -0.896. The minimum Gasteiger partial charge on any atom is -0.327 e. The van der Waals surface area contributed by atoms with Crippen molar-refractivity contribution in [1.29, 1.82) is 0 Å². The number of rotatable bonds is 6. The maximum absolute atomic E-state index is 12.5. The number of benzene rings is 2. The lowest BCUT2D eigenvalue weighted by Gasteiger charge is -2.22. The Bertz CT molecular complexity index is 889. The second-order valence-corrected chi connectivity index (χ2v) is 8.72. The topological polar surface area (TPSA) is 79.7 Å². The SMILES string of the molecule is Cc1ccc(S(=O)(=O)Nc2cccc(NC(=O)C[NH+]3CCCCC3)c2)cc1. The summed E-state index contributed by atoms with van der Waals surface area (Å²) in [5.41, 5.74) is 1.99. The number of hydrogen-bond donors (Lipinski definition) is 3. The number of hydrogen-bond acceptors (Lipinski definition) is 3. The molecule has 1 aliphatic heterocycles. The predicted molar refractivity (Wildman–Crippen MR) is 106 cm³/mol. The second-order valence-electron chi connectivity index (χ2n) is 7.03. The van der Waals surface area contributed by atoms with Gasteiger partial charge in [-0.3, -0.25) is 9.52 Å². The molecule has 6 nitrogen and oxygen atoms in total. The molecule has 3 N–H and O–H groups in total. The third-order valence-corrected chi connectivity index (χ3v) is 6.10. The Labute approximate surface area is 160 Å². The Morgan fingerprint density at radius 2 is 1.67 bits per heavy atom. The van der Waals surface area contributed by atoms with Crippen LogP contribution >= 0.6 is 0 Å². The van der Waals surface area contributed by atoms with Gasteiger partial charge in [-0.1, -0.05) is 23.8 Å². The molecule has 144 valence electrons. The Hall–Kier alpha value is -2.38. The van der Waals surface area contributed by atoms with Crippen LogP contribution in [-0.4, -0.2) is 34.0 Å². The molecule has 1 aliphatic rings. The predicted octanol–water partition coefficient (Wildman–Crippen LogP) is 1.80. The van der Waals surface area contributed by atoms with Crippen LogP contribution in [-0.2, 0) is 14.8 Å². The molecule has 3 rings (SSSR count). The second kappa shape index (κ2) is 8.54. The summed E-state index contributed by atoms with van der Waals surface area (Å²) in [5.74, 6) is -0.0505. The molecule has 0 radical (unpaired) electrons. The molecule has 0 saturated carbocycles. The first kappa shape index (κ1) is 19.4. The largest absolute Gasteiger partial charge is 0.327 e. The van der Waals surface area contributed by atoms with Crippen molar-refractivity contribution in [3.05, 3.63) is 54.1 Å². The van der Waals surface area contributed by atoms with E-state index in [4.69, 9.17) is 0 Å². The zero-order valence-electron chi connectivity index (χ0n) is 15.5. The van der Waals surface area contributed by atoms with E-state index in [1.807, 2.05) is 6.92 Å². The molecule has 0 spiro atoms. The van der Waals surface area contributed by atoms with Crippen LogP contribution in [0.5, 0.6) is 0 Å². The molecular formula is C20H26N3O3S+. The quantitative estimate of drug-likeness (QED) is 0.706. The maximum atomic E-state index is 12.5. The number of carbonyl (C=O) groups is 1. The molecule has 0 unspecified atom stereocenters.